The van der Waals surface area contributed by atoms with Crippen LogP contribution in [0.2, 0.25) is 0 Å². The Bertz CT molecular complexity index is 359. The Hall–Kier alpha value is -0.960. The Morgan fingerprint density at radius 3 is 2.67 bits per heavy atom. The number of hydrogen-bond acceptors (Lipinski definition) is 1. The molecule has 1 fully saturated rings. The summed E-state index contributed by atoms with van der Waals surface area (Å²) in [4.78, 5) is 0. The molecule has 0 aromatic heterocycles. The van der Waals surface area contributed by atoms with Crippen LogP contribution in [0.15, 0.2) is 18.2 Å². The highest BCUT2D eigenvalue weighted by atomic mass is 19.1. The quantitative estimate of drug-likeness (QED) is 0.810. The summed E-state index contributed by atoms with van der Waals surface area (Å²) < 4.78 is 26.1. The van der Waals surface area contributed by atoms with Gasteiger partial charge < -0.3 is 5.32 Å². The molecule has 82 valence electrons. The van der Waals surface area contributed by atoms with Crippen LogP contribution >= 0.6 is 0 Å². The molecule has 0 unspecified atom stereocenters. The van der Waals surface area contributed by atoms with Crippen LogP contribution in [-0.4, -0.2) is 5.54 Å². The van der Waals surface area contributed by atoms with Gasteiger partial charge in [0, 0.05) is 17.6 Å². The van der Waals surface area contributed by atoms with Crippen molar-refractivity contribution in [2.75, 3.05) is 0 Å². The van der Waals surface area contributed by atoms with Crippen molar-refractivity contribution in [1.29, 1.82) is 0 Å². The molecule has 1 aromatic rings. The number of rotatable bonds is 3. The maximum Gasteiger partial charge on any atom is 0.127 e. The highest BCUT2D eigenvalue weighted by Gasteiger charge is 2.30. The van der Waals surface area contributed by atoms with Gasteiger partial charge in [0.2, 0.25) is 0 Å². The Labute approximate surface area is 88.5 Å². The van der Waals surface area contributed by atoms with Gasteiger partial charge in [0.1, 0.15) is 11.6 Å². The first-order valence-corrected chi connectivity index (χ1v) is 5.28. The molecule has 0 saturated heterocycles. The van der Waals surface area contributed by atoms with Crippen molar-refractivity contribution in [2.45, 2.75) is 38.3 Å². The molecule has 0 spiro atoms. The monoisotopic (exact) mass is 211 g/mol. The van der Waals surface area contributed by atoms with Crippen molar-refractivity contribution in [3.8, 4) is 0 Å². The first-order valence-electron chi connectivity index (χ1n) is 5.28. The second-order valence-corrected chi connectivity index (χ2v) is 4.50. The van der Waals surface area contributed by atoms with Crippen LogP contribution in [0.4, 0.5) is 8.78 Å². The average Bonchev–Trinajstić information content (AvgIpc) is 2.17. The van der Waals surface area contributed by atoms with Crippen LogP contribution < -0.4 is 5.32 Å². The van der Waals surface area contributed by atoms with Crippen molar-refractivity contribution in [1.82, 2.24) is 5.32 Å². The Kier molecular flexibility index (Phi) is 2.74. The summed E-state index contributed by atoms with van der Waals surface area (Å²) in [6, 6.07) is 3.57. The smallest absolute Gasteiger partial charge is 0.127 e. The third-order valence-corrected chi connectivity index (χ3v) is 3.17. The first-order chi connectivity index (χ1) is 7.09. The minimum absolute atomic E-state index is 0.124. The van der Waals surface area contributed by atoms with Crippen molar-refractivity contribution >= 4 is 0 Å². The zero-order chi connectivity index (χ0) is 10.9. The van der Waals surface area contributed by atoms with Gasteiger partial charge in [0.05, 0.1) is 0 Å². The van der Waals surface area contributed by atoms with Crippen LogP contribution in [0.5, 0.6) is 0 Å². The van der Waals surface area contributed by atoms with Crippen molar-refractivity contribution in [3.05, 3.63) is 35.4 Å². The van der Waals surface area contributed by atoms with Crippen molar-refractivity contribution < 1.29 is 8.78 Å². The van der Waals surface area contributed by atoms with Gasteiger partial charge in [-0.15, -0.1) is 0 Å². The molecule has 1 aliphatic carbocycles. The van der Waals surface area contributed by atoms with E-state index in [1.165, 1.54) is 18.6 Å². The number of nitrogens with one attached hydrogen (secondary N) is 1. The summed E-state index contributed by atoms with van der Waals surface area (Å²) in [5.41, 5.74) is 0.529. The lowest BCUT2D eigenvalue weighted by molar-refractivity contribution is 0.206. The van der Waals surface area contributed by atoms with Crippen LogP contribution in [0.3, 0.4) is 0 Å². The second-order valence-electron chi connectivity index (χ2n) is 4.50. The fourth-order valence-corrected chi connectivity index (χ4v) is 1.87. The van der Waals surface area contributed by atoms with Gasteiger partial charge >= 0.3 is 0 Å². The summed E-state index contributed by atoms with van der Waals surface area (Å²) in [5, 5.41) is 3.27. The highest BCUT2D eigenvalue weighted by molar-refractivity contribution is 5.19. The van der Waals surface area contributed by atoms with Gasteiger partial charge in [-0.1, -0.05) is 0 Å². The Balaban J connectivity index is 2.01. The third-order valence-electron chi connectivity index (χ3n) is 3.17. The summed E-state index contributed by atoms with van der Waals surface area (Å²) in [7, 11) is 0. The molecule has 0 atom stereocenters. The molecule has 1 N–H and O–H groups in total. The molecule has 1 nitrogen and oxygen atoms in total. The summed E-state index contributed by atoms with van der Waals surface area (Å²) >= 11 is 0. The molecule has 0 aliphatic heterocycles. The van der Waals surface area contributed by atoms with E-state index in [9.17, 15) is 8.78 Å². The van der Waals surface area contributed by atoms with Crippen LogP contribution in [0.25, 0.3) is 0 Å². The minimum Gasteiger partial charge on any atom is -0.307 e. The molecule has 1 aliphatic rings. The predicted molar refractivity (Wildman–Crippen MR) is 55.5 cm³/mol. The fraction of sp³-hybridized carbons (Fsp3) is 0.500. The van der Waals surface area contributed by atoms with E-state index in [2.05, 4.69) is 12.2 Å². The van der Waals surface area contributed by atoms with E-state index in [0.29, 0.717) is 12.1 Å². The first kappa shape index (κ1) is 10.6. The topological polar surface area (TPSA) is 12.0 Å². The maximum absolute atomic E-state index is 13.3. The number of hydrogen-bond donors (Lipinski definition) is 1. The highest BCUT2D eigenvalue weighted by Crippen LogP contribution is 2.31. The van der Waals surface area contributed by atoms with E-state index in [4.69, 9.17) is 0 Å². The minimum atomic E-state index is -0.382. The fourth-order valence-electron chi connectivity index (χ4n) is 1.87. The number of halogens is 2. The molecule has 1 saturated carbocycles. The molecule has 0 amide bonds. The molecule has 1 aromatic carbocycles. The van der Waals surface area contributed by atoms with E-state index < -0.39 is 0 Å². The van der Waals surface area contributed by atoms with Crippen LogP contribution in [0, 0.1) is 11.6 Å². The van der Waals surface area contributed by atoms with Gasteiger partial charge in [-0.2, -0.15) is 0 Å². The lowest BCUT2D eigenvalue weighted by Crippen LogP contribution is -2.47. The van der Waals surface area contributed by atoms with E-state index in [1.807, 2.05) is 0 Å². The average molecular weight is 211 g/mol. The molecule has 2 rings (SSSR count). The summed E-state index contributed by atoms with van der Waals surface area (Å²) in [6.07, 6.45) is 3.45. The normalized spacial score (nSPS) is 18.6. The lowest BCUT2D eigenvalue weighted by atomic mass is 9.78. The van der Waals surface area contributed by atoms with Gasteiger partial charge in [-0.05, 0) is 44.4 Å². The predicted octanol–water partition coefficient (Wildman–Crippen LogP) is 3.00. The largest absolute Gasteiger partial charge is 0.307 e. The molecule has 0 heterocycles. The van der Waals surface area contributed by atoms with E-state index in [1.54, 1.807) is 0 Å². The molecular formula is C12H15F2N. The Morgan fingerprint density at radius 2 is 2.07 bits per heavy atom. The van der Waals surface area contributed by atoms with E-state index in [0.717, 1.165) is 18.9 Å². The van der Waals surface area contributed by atoms with E-state index in [-0.39, 0.29) is 17.2 Å². The van der Waals surface area contributed by atoms with Gasteiger partial charge in [0.25, 0.3) is 0 Å². The zero-order valence-electron chi connectivity index (χ0n) is 8.82. The molecule has 0 bridgehead atoms. The molecule has 3 heteroatoms. The molecule has 15 heavy (non-hydrogen) atoms. The molecule has 0 radical (unpaired) electrons. The van der Waals surface area contributed by atoms with Gasteiger partial charge in [-0.25, -0.2) is 8.78 Å². The third kappa shape index (κ3) is 2.34. The molecular weight excluding hydrogens is 196 g/mol. The Morgan fingerprint density at radius 1 is 1.33 bits per heavy atom. The standard InChI is InChI=1S/C12H15F2N/c1-12(5-2-6-12)15-8-9-7-10(13)3-4-11(9)14/h3-4,7,15H,2,5-6,8H2,1H3. The SMILES string of the molecule is CC1(NCc2cc(F)ccc2F)CCC1. The second kappa shape index (κ2) is 3.89. The lowest BCUT2D eigenvalue weighted by Gasteiger charge is -2.39. The van der Waals surface area contributed by atoms with Gasteiger partial charge in [-0.3, -0.25) is 0 Å². The van der Waals surface area contributed by atoms with Crippen LogP contribution in [-0.2, 0) is 6.54 Å². The maximum atomic E-state index is 13.3. The van der Waals surface area contributed by atoms with Crippen LogP contribution in [0.1, 0.15) is 31.7 Å². The van der Waals surface area contributed by atoms with Gasteiger partial charge in [0.15, 0.2) is 0 Å². The van der Waals surface area contributed by atoms with E-state index >= 15 is 0 Å². The van der Waals surface area contributed by atoms with Crippen molar-refractivity contribution in [3.63, 3.8) is 0 Å². The number of benzene rings is 1. The summed E-state index contributed by atoms with van der Waals surface area (Å²) in [5.74, 6) is -0.723. The summed E-state index contributed by atoms with van der Waals surface area (Å²) in [6.45, 7) is 2.52. The van der Waals surface area contributed by atoms with Crippen molar-refractivity contribution in [2.24, 2.45) is 0 Å². The zero-order valence-corrected chi connectivity index (χ0v) is 8.82.